The molecule has 0 spiro atoms. The zero-order valence-electron chi connectivity index (χ0n) is 12.6. The van der Waals surface area contributed by atoms with Crippen molar-refractivity contribution in [1.29, 1.82) is 0 Å². The molecule has 0 aliphatic heterocycles. The third-order valence-electron chi connectivity index (χ3n) is 3.59. The molecule has 2 aromatic rings. The molecule has 2 aromatic carbocycles. The normalized spacial score (nSPS) is 12.0. The van der Waals surface area contributed by atoms with Crippen LogP contribution in [0.25, 0.3) is 11.1 Å². The summed E-state index contributed by atoms with van der Waals surface area (Å²) in [5, 5.41) is 1.11. The van der Waals surface area contributed by atoms with Gasteiger partial charge in [-0.1, -0.05) is 60.5 Å². The molecule has 0 heterocycles. The lowest BCUT2D eigenvalue weighted by Gasteiger charge is -2.12. The van der Waals surface area contributed by atoms with E-state index in [1.807, 2.05) is 12.1 Å². The number of rotatable bonds is 5. The summed E-state index contributed by atoms with van der Waals surface area (Å²) < 4.78 is 4.99. The van der Waals surface area contributed by atoms with E-state index >= 15 is 0 Å². The maximum atomic E-state index is 10.8. The van der Waals surface area contributed by atoms with Crippen molar-refractivity contribution in [3.8, 4) is 11.1 Å². The molecule has 1 atom stereocenters. The van der Waals surface area contributed by atoms with Crippen LogP contribution in [0.3, 0.4) is 0 Å². The second-order valence-electron chi connectivity index (χ2n) is 5.28. The highest BCUT2D eigenvalue weighted by atomic mass is 35.5. The molecule has 0 radical (unpaired) electrons. The summed E-state index contributed by atoms with van der Waals surface area (Å²) in [6, 6.07) is 13.9. The van der Waals surface area contributed by atoms with E-state index in [4.69, 9.17) is 27.9 Å². The lowest BCUT2D eigenvalue weighted by Crippen LogP contribution is -2.04. The molecule has 0 saturated carbocycles. The number of esters is 1. The lowest BCUT2D eigenvalue weighted by atomic mass is 9.95. The Morgan fingerprint density at radius 3 is 2.27 bits per heavy atom. The maximum absolute atomic E-state index is 10.8. The molecule has 0 bridgehead atoms. The standard InChI is InChI=1S/C18H18Cl2O2/c1-12(9-10-22-13(2)21)14-3-5-15(6-4-14)16-7-8-17(19)18(20)11-16/h3-8,11-12H,9-10H2,1-2H3. The van der Waals surface area contributed by atoms with Gasteiger partial charge < -0.3 is 4.74 Å². The molecular formula is C18H18Cl2O2. The summed E-state index contributed by atoms with van der Waals surface area (Å²) in [4.78, 5) is 10.8. The topological polar surface area (TPSA) is 26.3 Å². The average Bonchev–Trinajstić information content (AvgIpc) is 2.50. The van der Waals surface area contributed by atoms with Crippen molar-refractivity contribution in [2.45, 2.75) is 26.2 Å². The highest BCUT2D eigenvalue weighted by molar-refractivity contribution is 6.42. The summed E-state index contributed by atoms with van der Waals surface area (Å²) in [6.07, 6.45) is 0.811. The molecule has 2 nitrogen and oxygen atoms in total. The van der Waals surface area contributed by atoms with Crippen LogP contribution in [-0.4, -0.2) is 12.6 Å². The van der Waals surface area contributed by atoms with Crippen LogP contribution < -0.4 is 0 Å². The summed E-state index contributed by atoms with van der Waals surface area (Å²) in [6.45, 7) is 4.00. The van der Waals surface area contributed by atoms with Crippen LogP contribution in [0.2, 0.25) is 10.0 Å². The van der Waals surface area contributed by atoms with Gasteiger partial charge in [0.2, 0.25) is 0 Å². The number of benzene rings is 2. The molecule has 22 heavy (non-hydrogen) atoms. The van der Waals surface area contributed by atoms with Crippen LogP contribution in [0.5, 0.6) is 0 Å². The zero-order valence-corrected chi connectivity index (χ0v) is 14.1. The van der Waals surface area contributed by atoms with Gasteiger partial charge in [0.1, 0.15) is 0 Å². The second-order valence-corrected chi connectivity index (χ2v) is 6.10. The van der Waals surface area contributed by atoms with Gasteiger partial charge in [-0.15, -0.1) is 0 Å². The largest absolute Gasteiger partial charge is 0.466 e. The monoisotopic (exact) mass is 336 g/mol. The van der Waals surface area contributed by atoms with Gasteiger partial charge in [-0.25, -0.2) is 0 Å². The second kappa shape index (κ2) is 7.66. The molecule has 2 rings (SSSR count). The minimum atomic E-state index is -0.234. The number of hydrogen-bond acceptors (Lipinski definition) is 2. The minimum Gasteiger partial charge on any atom is -0.466 e. The van der Waals surface area contributed by atoms with E-state index in [1.165, 1.54) is 12.5 Å². The lowest BCUT2D eigenvalue weighted by molar-refractivity contribution is -0.141. The summed E-state index contributed by atoms with van der Waals surface area (Å²) in [5.41, 5.74) is 3.35. The first kappa shape index (κ1) is 16.9. The molecule has 0 aliphatic carbocycles. The van der Waals surface area contributed by atoms with E-state index in [2.05, 4.69) is 31.2 Å². The van der Waals surface area contributed by atoms with Gasteiger partial charge in [-0.3, -0.25) is 4.79 Å². The molecule has 116 valence electrons. The molecule has 0 aliphatic rings. The maximum Gasteiger partial charge on any atom is 0.302 e. The van der Waals surface area contributed by atoms with E-state index in [0.29, 0.717) is 22.6 Å². The fraction of sp³-hybridized carbons (Fsp3) is 0.278. The van der Waals surface area contributed by atoms with Gasteiger partial charge in [0.05, 0.1) is 16.7 Å². The predicted molar refractivity (Wildman–Crippen MR) is 91.6 cm³/mol. The number of halogens is 2. The molecule has 0 aromatic heterocycles. The first-order valence-corrected chi connectivity index (χ1v) is 7.91. The SMILES string of the molecule is CC(=O)OCCC(C)c1ccc(-c2ccc(Cl)c(Cl)c2)cc1. The van der Waals surface area contributed by atoms with Gasteiger partial charge in [0.15, 0.2) is 0 Å². The Labute approximate surface area is 141 Å². The van der Waals surface area contributed by atoms with Crippen LogP contribution in [0.15, 0.2) is 42.5 Å². The highest BCUT2D eigenvalue weighted by Crippen LogP contribution is 2.29. The van der Waals surface area contributed by atoms with Crippen LogP contribution in [0.4, 0.5) is 0 Å². The minimum absolute atomic E-state index is 0.234. The molecule has 4 heteroatoms. The van der Waals surface area contributed by atoms with Gasteiger partial charge in [-0.2, -0.15) is 0 Å². The molecule has 0 amide bonds. The summed E-state index contributed by atoms with van der Waals surface area (Å²) in [7, 11) is 0. The molecular weight excluding hydrogens is 319 g/mol. The zero-order chi connectivity index (χ0) is 16.1. The Morgan fingerprint density at radius 2 is 1.68 bits per heavy atom. The van der Waals surface area contributed by atoms with Crippen LogP contribution >= 0.6 is 23.2 Å². The van der Waals surface area contributed by atoms with E-state index < -0.39 is 0 Å². The van der Waals surface area contributed by atoms with Crippen molar-refractivity contribution in [2.24, 2.45) is 0 Å². The van der Waals surface area contributed by atoms with Crippen molar-refractivity contribution in [2.75, 3.05) is 6.61 Å². The summed E-state index contributed by atoms with van der Waals surface area (Å²) in [5.74, 6) is 0.101. The van der Waals surface area contributed by atoms with Gasteiger partial charge in [0.25, 0.3) is 0 Å². The quantitative estimate of drug-likeness (QED) is 0.653. The van der Waals surface area contributed by atoms with Gasteiger partial charge in [0, 0.05) is 6.92 Å². The summed E-state index contributed by atoms with van der Waals surface area (Å²) >= 11 is 12.0. The number of carbonyl (C=O) groups excluding carboxylic acids is 1. The van der Waals surface area contributed by atoms with Crippen LogP contribution in [0.1, 0.15) is 31.7 Å². The average molecular weight is 337 g/mol. The van der Waals surface area contributed by atoms with Crippen molar-refractivity contribution in [3.05, 3.63) is 58.1 Å². The number of hydrogen-bond donors (Lipinski definition) is 0. The van der Waals surface area contributed by atoms with Crippen LogP contribution in [-0.2, 0) is 9.53 Å². The molecule has 0 fully saturated rings. The van der Waals surface area contributed by atoms with E-state index in [-0.39, 0.29) is 5.97 Å². The fourth-order valence-corrected chi connectivity index (χ4v) is 2.52. The van der Waals surface area contributed by atoms with Gasteiger partial charge in [-0.05, 0) is 41.2 Å². The molecule has 0 saturated heterocycles. The van der Waals surface area contributed by atoms with E-state index in [0.717, 1.165) is 17.5 Å². The fourth-order valence-electron chi connectivity index (χ4n) is 2.23. The first-order valence-electron chi connectivity index (χ1n) is 7.16. The van der Waals surface area contributed by atoms with Crippen molar-refractivity contribution in [3.63, 3.8) is 0 Å². The Morgan fingerprint density at radius 1 is 1.05 bits per heavy atom. The Bertz CT molecular complexity index is 651. The molecule has 1 unspecified atom stereocenters. The van der Waals surface area contributed by atoms with Crippen molar-refractivity contribution < 1.29 is 9.53 Å². The highest BCUT2D eigenvalue weighted by Gasteiger charge is 2.08. The van der Waals surface area contributed by atoms with E-state index in [1.54, 1.807) is 6.07 Å². The number of carbonyl (C=O) groups is 1. The predicted octanol–water partition coefficient (Wildman–Crippen LogP) is 5.72. The molecule has 0 N–H and O–H groups in total. The van der Waals surface area contributed by atoms with Gasteiger partial charge >= 0.3 is 5.97 Å². The third kappa shape index (κ3) is 4.49. The Balaban J connectivity index is 2.06. The smallest absolute Gasteiger partial charge is 0.302 e. The number of ether oxygens (including phenoxy) is 1. The van der Waals surface area contributed by atoms with Crippen molar-refractivity contribution >= 4 is 29.2 Å². The Hall–Kier alpha value is -1.51. The van der Waals surface area contributed by atoms with Crippen molar-refractivity contribution in [1.82, 2.24) is 0 Å². The third-order valence-corrected chi connectivity index (χ3v) is 4.33. The first-order chi connectivity index (χ1) is 10.5. The Kier molecular flexibility index (Phi) is 5.87. The van der Waals surface area contributed by atoms with Crippen LogP contribution in [0, 0.1) is 0 Å². The van der Waals surface area contributed by atoms with E-state index in [9.17, 15) is 4.79 Å².